The number of ketones is 1. The topological polar surface area (TPSA) is 29.4 Å². The van der Waals surface area contributed by atoms with Gasteiger partial charge in [0.05, 0.1) is 3.58 Å². The third kappa shape index (κ3) is 2.88. The minimum atomic E-state index is -0.0560. The van der Waals surface area contributed by atoms with Crippen LogP contribution >= 0.6 is 45.2 Å². The van der Waals surface area contributed by atoms with Gasteiger partial charge in [0, 0.05) is 42.0 Å². The molecule has 1 unspecified atom stereocenters. The molecular formula is C5H3I2NNaO. The van der Waals surface area contributed by atoms with Crippen LogP contribution in [-0.2, 0) is 4.79 Å². The summed E-state index contributed by atoms with van der Waals surface area (Å²) in [5, 5.41) is 0. The summed E-state index contributed by atoms with van der Waals surface area (Å²) in [6.07, 6.45) is 3.23. The summed E-state index contributed by atoms with van der Waals surface area (Å²) in [6, 6.07) is 0. The van der Waals surface area contributed by atoms with Crippen molar-refractivity contribution in [1.82, 2.24) is 0 Å². The molecule has 0 aromatic carbocycles. The maximum absolute atomic E-state index is 11.0. The Morgan fingerprint density at radius 2 is 2.20 bits per heavy atom. The number of allylic oxidation sites excluding steroid dienone is 1. The number of alkyl halides is 1. The van der Waals surface area contributed by atoms with E-state index in [1.165, 1.54) is 0 Å². The molecule has 1 aliphatic heterocycles. The zero-order valence-electron chi connectivity index (χ0n) is 5.34. The van der Waals surface area contributed by atoms with Crippen molar-refractivity contribution in [2.45, 2.75) is 3.92 Å². The Labute approximate surface area is 108 Å². The van der Waals surface area contributed by atoms with Crippen molar-refractivity contribution >= 4 is 86.7 Å². The van der Waals surface area contributed by atoms with E-state index in [1.807, 2.05) is 22.6 Å². The van der Waals surface area contributed by atoms with E-state index >= 15 is 0 Å². The van der Waals surface area contributed by atoms with Crippen LogP contribution in [0.15, 0.2) is 14.8 Å². The molecule has 0 saturated heterocycles. The van der Waals surface area contributed by atoms with Crippen molar-refractivity contribution in [3.05, 3.63) is 9.78 Å². The third-order valence-electron chi connectivity index (χ3n) is 0.891. The molecule has 0 aromatic heterocycles. The molecular weight excluding hydrogens is 367 g/mol. The second-order valence-electron chi connectivity index (χ2n) is 1.54. The van der Waals surface area contributed by atoms with Crippen LogP contribution in [0.2, 0.25) is 0 Å². The normalized spacial score (nSPS) is 23.6. The maximum atomic E-state index is 11.0. The Balaban J connectivity index is 0.000000810. The molecule has 0 fully saturated rings. The van der Waals surface area contributed by atoms with Crippen molar-refractivity contribution in [1.29, 1.82) is 0 Å². The molecule has 1 heterocycles. The first-order valence-electron chi connectivity index (χ1n) is 2.29. The van der Waals surface area contributed by atoms with Crippen LogP contribution in [0.4, 0.5) is 0 Å². The molecule has 0 amide bonds. The third-order valence-corrected chi connectivity index (χ3v) is 2.59. The van der Waals surface area contributed by atoms with E-state index in [0.717, 1.165) is 3.58 Å². The molecule has 0 bridgehead atoms. The van der Waals surface area contributed by atoms with Crippen LogP contribution in [0.1, 0.15) is 0 Å². The molecule has 1 rings (SSSR count). The molecule has 10 heavy (non-hydrogen) atoms. The van der Waals surface area contributed by atoms with E-state index < -0.39 is 0 Å². The van der Waals surface area contributed by atoms with Crippen LogP contribution in [0.25, 0.3) is 0 Å². The summed E-state index contributed by atoms with van der Waals surface area (Å²) in [5.74, 6) is 0.159. The van der Waals surface area contributed by atoms with Crippen molar-refractivity contribution in [3.8, 4) is 0 Å². The Morgan fingerprint density at radius 1 is 1.60 bits per heavy atom. The number of carbonyl (C=O) groups excluding carboxylic acids is 1. The van der Waals surface area contributed by atoms with E-state index in [0.29, 0.717) is 0 Å². The monoisotopic (exact) mass is 370 g/mol. The first kappa shape index (κ1) is 11.5. The van der Waals surface area contributed by atoms with E-state index in [4.69, 9.17) is 0 Å². The van der Waals surface area contributed by atoms with Crippen LogP contribution in [-0.4, -0.2) is 45.5 Å². The standard InChI is InChI=1S/C5H3I2NO.Na/c6-3-1-8-2-4(7)5(3)9;/h1-3H;. The van der Waals surface area contributed by atoms with Gasteiger partial charge in [-0.2, -0.15) is 0 Å². The largest absolute Gasteiger partial charge is 0.292 e. The van der Waals surface area contributed by atoms with Gasteiger partial charge in [0.1, 0.15) is 3.92 Å². The molecule has 0 aliphatic carbocycles. The van der Waals surface area contributed by atoms with Gasteiger partial charge >= 0.3 is 0 Å². The van der Waals surface area contributed by atoms with Gasteiger partial charge in [-0.15, -0.1) is 0 Å². The zero-order chi connectivity index (χ0) is 6.85. The van der Waals surface area contributed by atoms with Gasteiger partial charge in [-0.1, -0.05) is 22.6 Å². The molecule has 49 valence electrons. The van der Waals surface area contributed by atoms with Gasteiger partial charge in [-0.3, -0.25) is 9.79 Å². The van der Waals surface area contributed by atoms with E-state index in [9.17, 15) is 4.79 Å². The predicted molar refractivity (Wildman–Crippen MR) is 59.2 cm³/mol. The molecule has 1 radical (unpaired) electrons. The molecule has 5 heteroatoms. The molecule has 1 aliphatic rings. The van der Waals surface area contributed by atoms with Gasteiger partial charge in [0.25, 0.3) is 0 Å². The molecule has 2 nitrogen and oxygen atoms in total. The van der Waals surface area contributed by atoms with Gasteiger partial charge in [-0.25, -0.2) is 0 Å². The number of hydrogen-bond donors (Lipinski definition) is 0. The Hall–Kier alpha value is 1.54. The Bertz CT molecular complexity index is 202. The molecule has 0 saturated carbocycles. The fourth-order valence-corrected chi connectivity index (χ4v) is 2.06. The number of carbonyl (C=O) groups is 1. The van der Waals surface area contributed by atoms with Crippen molar-refractivity contribution in [2.75, 3.05) is 0 Å². The summed E-state index contributed by atoms with van der Waals surface area (Å²) in [7, 11) is 0. The van der Waals surface area contributed by atoms with Gasteiger partial charge in [0.2, 0.25) is 0 Å². The van der Waals surface area contributed by atoms with E-state index in [-0.39, 0.29) is 39.3 Å². The minimum absolute atomic E-state index is 0. The fourth-order valence-electron chi connectivity index (χ4n) is 0.447. The number of aliphatic imine (C=N–C) groups is 1. The quantitative estimate of drug-likeness (QED) is 0.360. The van der Waals surface area contributed by atoms with Gasteiger partial charge in [0.15, 0.2) is 5.78 Å². The number of Topliss-reactive ketones (excluding diaryl/α,β-unsaturated/α-hetero) is 1. The van der Waals surface area contributed by atoms with Crippen LogP contribution in [0.5, 0.6) is 0 Å². The molecule has 0 N–H and O–H groups in total. The van der Waals surface area contributed by atoms with Crippen molar-refractivity contribution in [3.63, 3.8) is 0 Å². The maximum Gasteiger partial charge on any atom is 0.188 e. The average molecular weight is 370 g/mol. The van der Waals surface area contributed by atoms with E-state index in [2.05, 4.69) is 27.6 Å². The van der Waals surface area contributed by atoms with Crippen molar-refractivity contribution < 1.29 is 4.79 Å². The van der Waals surface area contributed by atoms with Crippen LogP contribution in [0, 0.1) is 0 Å². The Morgan fingerprint density at radius 3 is 2.60 bits per heavy atom. The SMILES string of the molecule is O=C1C(I)=CN=CC1I.[Na]. The van der Waals surface area contributed by atoms with Crippen LogP contribution in [0.3, 0.4) is 0 Å². The first-order chi connectivity index (χ1) is 4.22. The van der Waals surface area contributed by atoms with Crippen molar-refractivity contribution in [2.24, 2.45) is 4.99 Å². The minimum Gasteiger partial charge on any atom is -0.292 e. The number of rotatable bonds is 0. The van der Waals surface area contributed by atoms with E-state index in [1.54, 1.807) is 12.4 Å². The summed E-state index contributed by atoms with van der Waals surface area (Å²) < 4.78 is 0.661. The Kier molecular flexibility index (Phi) is 6.04. The molecule has 0 spiro atoms. The molecule has 0 aromatic rings. The summed E-state index contributed by atoms with van der Waals surface area (Å²) in [4.78, 5) is 14.8. The second-order valence-corrected chi connectivity index (χ2v) is 4.05. The summed E-state index contributed by atoms with van der Waals surface area (Å²) in [6.45, 7) is 0. The van der Waals surface area contributed by atoms with Gasteiger partial charge < -0.3 is 0 Å². The number of nitrogens with zero attached hydrogens (tertiary/aromatic N) is 1. The van der Waals surface area contributed by atoms with Crippen LogP contribution < -0.4 is 0 Å². The average Bonchev–Trinajstić information content (AvgIpc) is 1.83. The predicted octanol–water partition coefficient (Wildman–Crippen LogP) is 1.34. The first-order valence-corrected chi connectivity index (χ1v) is 4.61. The summed E-state index contributed by atoms with van der Waals surface area (Å²) in [5.41, 5.74) is 0. The summed E-state index contributed by atoms with van der Waals surface area (Å²) >= 11 is 4.04. The second kappa shape index (κ2) is 5.23. The van der Waals surface area contributed by atoms with Gasteiger partial charge in [-0.05, 0) is 22.6 Å². The zero-order valence-corrected chi connectivity index (χ0v) is 11.7. The fraction of sp³-hybridized carbons (Fsp3) is 0.200. The molecule has 1 atom stereocenters. The number of hydrogen-bond acceptors (Lipinski definition) is 2. The smallest absolute Gasteiger partial charge is 0.188 e. The number of halogens is 2.